The summed E-state index contributed by atoms with van der Waals surface area (Å²) in [6, 6.07) is 10.2. The molecule has 2 aromatic rings. The zero-order valence-electron chi connectivity index (χ0n) is 13.1. The number of ether oxygens (including phenoxy) is 1. The van der Waals surface area contributed by atoms with Crippen molar-refractivity contribution in [3.05, 3.63) is 42.6 Å². The predicted octanol–water partition coefficient (Wildman–Crippen LogP) is 1.93. The SMILES string of the molecule is C[C@H]1Oc2ccccc2N(CCC(=O)Nc2ncccc2O)C1=O. The first-order valence-electron chi connectivity index (χ1n) is 7.57. The van der Waals surface area contributed by atoms with Crippen LogP contribution in [0.2, 0.25) is 0 Å². The van der Waals surface area contributed by atoms with Crippen LogP contribution in [0, 0.1) is 0 Å². The lowest BCUT2D eigenvalue weighted by molar-refractivity contribution is -0.125. The average Bonchev–Trinajstić information content (AvgIpc) is 2.57. The van der Waals surface area contributed by atoms with Gasteiger partial charge in [0.15, 0.2) is 17.7 Å². The highest BCUT2D eigenvalue weighted by molar-refractivity contribution is 6.00. The number of carbonyl (C=O) groups excluding carboxylic acids is 2. The molecule has 0 fully saturated rings. The van der Waals surface area contributed by atoms with Crippen molar-refractivity contribution in [1.29, 1.82) is 0 Å². The summed E-state index contributed by atoms with van der Waals surface area (Å²) in [7, 11) is 0. The summed E-state index contributed by atoms with van der Waals surface area (Å²) in [4.78, 5) is 29.8. The van der Waals surface area contributed by atoms with E-state index in [9.17, 15) is 14.7 Å². The average molecular weight is 327 g/mol. The lowest BCUT2D eigenvalue weighted by Gasteiger charge is -2.32. The lowest BCUT2D eigenvalue weighted by atomic mass is 10.1. The van der Waals surface area contributed by atoms with E-state index in [-0.39, 0.29) is 36.3 Å². The molecule has 0 aliphatic carbocycles. The van der Waals surface area contributed by atoms with Gasteiger partial charge in [0.25, 0.3) is 5.91 Å². The summed E-state index contributed by atoms with van der Waals surface area (Å²) in [5.74, 6) is 0.0832. The van der Waals surface area contributed by atoms with Crippen molar-refractivity contribution in [2.75, 3.05) is 16.8 Å². The topological polar surface area (TPSA) is 91.8 Å². The Balaban J connectivity index is 1.68. The minimum absolute atomic E-state index is 0.0722. The minimum Gasteiger partial charge on any atom is -0.504 e. The molecule has 1 atom stereocenters. The van der Waals surface area contributed by atoms with Gasteiger partial charge in [-0.05, 0) is 31.2 Å². The summed E-state index contributed by atoms with van der Waals surface area (Å²) in [5.41, 5.74) is 0.647. The van der Waals surface area contributed by atoms with Crippen LogP contribution in [-0.2, 0) is 9.59 Å². The highest BCUT2D eigenvalue weighted by atomic mass is 16.5. The number of carbonyl (C=O) groups is 2. The molecule has 2 N–H and O–H groups in total. The Kier molecular flexibility index (Phi) is 4.33. The molecular weight excluding hydrogens is 310 g/mol. The maximum atomic E-state index is 12.3. The maximum Gasteiger partial charge on any atom is 0.267 e. The maximum absolute atomic E-state index is 12.3. The standard InChI is InChI=1S/C17H17N3O4/c1-11-17(23)20(12-5-2-3-7-14(12)24-11)10-8-15(22)19-16-13(21)6-4-9-18-16/h2-7,9,11,21H,8,10H2,1H3,(H,18,19,22)/t11-/m1/s1. The van der Waals surface area contributed by atoms with Crippen molar-refractivity contribution >= 4 is 23.3 Å². The second kappa shape index (κ2) is 6.57. The van der Waals surface area contributed by atoms with E-state index in [2.05, 4.69) is 10.3 Å². The molecule has 1 aromatic carbocycles. The fourth-order valence-corrected chi connectivity index (χ4v) is 2.49. The van der Waals surface area contributed by atoms with Crippen LogP contribution in [0.1, 0.15) is 13.3 Å². The van der Waals surface area contributed by atoms with Gasteiger partial charge in [-0.25, -0.2) is 4.98 Å². The summed E-state index contributed by atoms with van der Waals surface area (Å²) < 4.78 is 5.56. The van der Waals surface area contributed by atoms with Gasteiger partial charge in [0.1, 0.15) is 5.75 Å². The van der Waals surface area contributed by atoms with Gasteiger partial charge in [0, 0.05) is 19.2 Å². The van der Waals surface area contributed by atoms with Crippen LogP contribution in [0.5, 0.6) is 11.5 Å². The number of benzene rings is 1. The number of nitrogens with zero attached hydrogens (tertiary/aromatic N) is 2. The molecule has 0 spiro atoms. The number of hydrogen-bond acceptors (Lipinski definition) is 5. The molecule has 3 rings (SSSR count). The fourth-order valence-electron chi connectivity index (χ4n) is 2.49. The van der Waals surface area contributed by atoms with E-state index < -0.39 is 6.10 Å². The molecular formula is C17H17N3O4. The van der Waals surface area contributed by atoms with E-state index in [0.717, 1.165) is 0 Å². The molecule has 7 heteroatoms. The fraction of sp³-hybridized carbons (Fsp3) is 0.235. The van der Waals surface area contributed by atoms with Crippen LogP contribution in [0.15, 0.2) is 42.6 Å². The van der Waals surface area contributed by atoms with Crippen LogP contribution < -0.4 is 15.0 Å². The van der Waals surface area contributed by atoms with Crippen LogP contribution in [0.3, 0.4) is 0 Å². The zero-order chi connectivity index (χ0) is 17.1. The molecule has 0 unspecified atom stereocenters. The molecule has 2 heterocycles. The summed E-state index contributed by atoms with van der Waals surface area (Å²) in [6.45, 7) is 1.89. The quantitative estimate of drug-likeness (QED) is 0.895. The molecule has 0 bridgehead atoms. The van der Waals surface area contributed by atoms with Crippen LogP contribution in [0.25, 0.3) is 0 Å². The molecule has 0 saturated carbocycles. The van der Waals surface area contributed by atoms with Crippen molar-refractivity contribution in [3.63, 3.8) is 0 Å². The first kappa shape index (κ1) is 15.8. The van der Waals surface area contributed by atoms with Gasteiger partial charge in [-0.1, -0.05) is 12.1 Å². The number of aromatic nitrogens is 1. The number of nitrogens with one attached hydrogen (secondary N) is 1. The molecule has 0 radical (unpaired) electrons. The zero-order valence-corrected chi connectivity index (χ0v) is 13.1. The summed E-state index contributed by atoms with van der Waals surface area (Å²) in [5, 5.41) is 12.2. The second-order valence-electron chi connectivity index (χ2n) is 5.39. The normalized spacial score (nSPS) is 16.3. The van der Waals surface area contributed by atoms with Crippen LogP contribution >= 0.6 is 0 Å². The number of aromatic hydroxyl groups is 1. The number of anilines is 2. The van der Waals surface area contributed by atoms with E-state index in [1.54, 1.807) is 30.0 Å². The first-order valence-corrected chi connectivity index (χ1v) is 7.57. The number of hydrogen-bond donors (Lipinski definition) is 2. The molecule has 1 aliphatic heterocycles. The minimum atomic E-state index is -0.595. The number of pyridine rings is 1. The molecule has 1 aromatic heterocycles. The molecule has 1 aliphatic rings. The van der Waals surface area contributed by atoms with E-state index >= 15 is 0 Å². The van der Waals surface area contributed by atoms with Crippen LogP contribution in [-0.4, -0.2) is 34.6 Å². The molecule has 7 nitrogen and oxygen atoms in total. The van der Waals surface area contributed by atoms with Crippen molar-refractivity contribution in [3.8, 4) is 11.5 Å². The Hall–Kier alpha value is -3.09. The van der Waals surface area contributed by atoms with Gasteiger partial charge in [0.05, 0.1) is 5.69 Å². The first-order chi connectivity index (χ1) is 11.6. The van der Waals surface area contributed by atoms with Crippen LogP contribution in [0.4, 0.5) is 11.5 Å². The Morgan fingerprint density at radius 1 is 1.33 bits per heavy atom. The largest absolute Gasteiger partial charge is 0.504 e. The van der Waals surface area contributed by atoms with Crippen molar-refractivity contribution in [1.82, 2.24) is 4.98 Å². The Morgan fingerprint density at radius 3 is 2.92 bits per heavy atom. The van der Waals surface area contributed by atoms with Crippen molar-refractivity contribution < 1.29 is 19.4 Å². The van der Waals surface area contributed by atoms with Gasteiger partial charge in [-0.3, -0.25) is 9.59 Å². The smallest absolute Gasteiger partial charge is 0.267 e. The monoisotopic (exact) mass is 327 g/mol. The number of fused-ring (bicyclic) bond motifs is 1. The van der Waals surface area contributed by atoms with E-state index in [1.165, 1.54) is 12.3 Å². The highest BCUT2D eigenvalue weighted by Crippen LogP contribution is 2.33. The van der Waals surface area contributed by atoms with Gasteiger partial charge in [-0.2, -0.15) is 0 Å². The van der Waals surface area contributed by atoms with Gasteiger partial charge in [-0.15, -0.1) is 0 Å². The highest BCUT2D eigenvalue weighted by Gasteiger charge is 2.31. The Labute approximate surface area is 138 Å². The van der Waals surface area contributed by atoms with Gasteiger partial charge in [0.2, 0.25) is 5.91 Å². The van der Waals surface area contributed by atoms with Crippen molar-refractivity contribution in [2.45, 2.75) is 19.4 Å². The van der Waals surface area contributed by atoms with E-state index in [1.807, 2.05) is 12.1 Å². The third kappa shape index (κ3) is 3.15. The summed E-state index contributed by atoms with van der Waals surface area (Å²) in [6.07, 6.45) is 0.949. The van der Waals surface area contributed by atoms with Gasteiger partial charge >= 0.3 is 0 Å². The molecule has 124 valence electrons. The molecule has 24 heavy (non-hydrogen) atoms. The van der Waals surface area contributed by atoms with Crippen molar-refractivity contribution in [2.24, 2.45) is 0 Å². The number of amides is 2. The number of rotatable bonds is 4. The Bertz CT molecular complexity index is 778. The number of para-hydroxylation sites is 2. The predicted molar refractivity (Wildman–Crippen MR) is 88.0 cm³/mol. The van der Waals surface area contributed by atoms with E-state index in [0.29, 0.717) is 11.4 Å². The lowest BCUT2D eigenvalue weighted by Crippen LogP contribution is -2.45. The molecule has 2 amide bonds. The summed E-state index contributed by atoms with van der Waals surface area (Å²) >= 11 is 0. The Morgan fingerprint density at radius 2 is 2.12 bits per heavy atom. The van der Waals surface area contributed by atoms with Gasteiger partial charge < -0.3 is 20.1 Å². The third-order valence-corrected chi connectivity index (χ3v) is 3.68. The third-order valence-electron chi connectivity index (χ3n) is 3.68. The molecule has 0 saturated heterocycles. The van der Waals surface area contributed by atoms with E-state index in [4.69, 9.17) is 4.74 Å². The second-order valence-corrected chi connectivity index (χ2v) is 5.39.